The molecule has 0 aliphatic heterocycles. The van der Waals surface area contributed by atoms with E-state index in [2.05, 4.69) is 45.9 Å². The van der Waals surface area contributed by atoms with E-state index in [-0.39, 0.29) is 4.87 Å². The molecular formula is C28H49Cl. The minimum atomic E-state index is -0.269. The summed E-state index contributed by atoms with van der Waals surface area (Å²) in [4.78, 5) is -0.269. The third-order valence-corrected chi connectivity index (χ3v) is 6.59. The summed E-state index contributed by atoms with van der Waals surface area (Å²) in [5.74, 6) is 0. The topological polar surface area (TPSA) is 0 Å². The van der Waals surface area contributed by atoms with Gasteiger partial charge in [-0.2, -0.15) is 0 Å². The second-order valence-electron chi connectivity index (χ2n) is 9.62. The van der Waals surface area contributed by atoms with Crippen molar-refractivity contribution < 1.29 is 0 Å². The second-order valence-corrected chi connectivity index (χ2v) is 10.6. The molecule has 29 heavy (non-hydrogen) atoms. The first-order valence-electron chi connectivity index (χ1n) is 12.7. The molecule has 0 radical (unpaired) electrons. The minimum Gasteiger partial charge on any atom is -0.115 e. The van der Waals surface area contributed by atoms with Crippen LogP contribution in [-0.2, 0) is 11.3 Å². The van der Waals surface area contributed by atoms with Crippen LogP contribution in [0.25, 0.3) is 0 Å². The Balaban J connectivity index is 1.94. The van der Waals surface area contributed by atoms with Gasteiger partial charge in [-0.3, -0.25) is 0 Å². The molecule has 0 bridgehead atoms. The molecule has 0 fully saturated rings. The van der Waals surface area contributed by atoms with E-state index in [1.807, 2.05) is 0 Å². The first-order chi connectivity index (χ1) is 14.0. The lowest BCUT2D eigenvalue weighted by atomic mass is 9.91. The van der Waals surface area contributed by atoms with Crippen molar-refractivity contribution in [2.45, 2.75) is 142 Å². The van der Waals surface area contributed by atoms with Crippen molar-refractivity contribution in [2.24, 2.45) is 0 Å². The zero-order valence-electron chi connectivity index (χ0n) is 20.1. The van der Waals surface area contributed by atoms with Crippen molar-refractivity contribution >= 4 is 11.6 Å². The maximum atomic E-state index is 6.54. The van der Waals surface area contributed by atoms with Gasteiger partial charge in [0.15, 0.2) is 0 Å². The highest BCUT2D eigenvalue weighted by Gasteiger charge is 2.19. The van der Waals surface area contributed by atoms with E-state index < -0.39 is 0 Å². The monoisotopic (exact) mass is 420 g/mol. The van der Waals surface area contributed by atoms with Gasteiger partial charge < -0.3 is 0 Å². The van der Waals surface area contributed by atoms with E-state index in [1.54, 1.807) is 0 Å². The van der Waals surface area contributed by atoms with Crippen LogP contribution in [0.3, 0.4) is 0 Å². The predicted octanol–water partition coefficient (Wildman–Crippen LogP) is 10.3. The predicted molar refractivity (Wildman–Crippen MR) is 133 cm³/mol. The first-order valence-corrected chi connectivity index (χ1v) is 13.1. The third kappa shape index (κ3) is 12.7. The molecule has 1 heteroatoms. The molecule has 0 saturated carbocycles. The summed E-state index contributed by atoms with van der Waals surface area (Å²) in [5, 5.41) is 0. The smallest absolute Gasteiger partial charge is 0.0641 e. The van der Waals surface area contributed by atoms with Crippen molar-refractivity contribution in [1.82, 2.24) is 0 Å². The van der Waals surface area contributed by atoms with Gasteiger partial charge in [0.25, 0.3) is 0 Å². The molecule has 168 valence electrons. The molecule has 1 rings (SSSR count). The molecule has 1 aromatic rings. The number of halogens is 1. The Labute approximate surface area is 188 Å². The lowest BCUT2D eigenvalue weighted by molar-refractivity contribution is 0.529. The highest BCUT2D eigenvalue weighted by atomic mass is 35.5. The van der Waals surface area contributed by atoms with Crippen molar-refractivity contribution in [3.63, 3.8) is 0 Å². The van der Waals surface area contributed by atoms with Crippen molar-refractivity contribution in [3.8, 4) is 0 Å². The fourth-order valence-corrected chi connectivity index (χ4v) is 4.67. The summed E-state index contributed by atoms with van der Waals surface area (Å²) < 4.78 is 0. The summed E-state index contributed by atoms with van der Waals surface area (Å²) in [6, 6.07) is 6.64. The maximum Gasteiger partial charge on any atom is 0.0641 e. The fraction of sp³-hybridized carbons (Fsp3) is 0.786. The van der Waals surface area contributed by atoms with Crippen LogP contribution in [0.2, 0.25) is 0 Å². The van der Waals surface area contributed by atoms with E-state index in [1.165, 1.54) is 126 Å². The van der Waals surface area contributed by atoms with Crippen molar-refractivity contribution in [1.29, 1.82) is 0 Å². The van der Waals surface area contributed by atoms with Crippen LogP contribution >= 0.6 is 11.6 Å². The van der Waals surface area contributed by atoms with Gasteiger partial charge >= 0.3 is 0 Å². The van der Waals surface area contributed by atoms with Crippen LogP contribution in [0, 0.1) is 6.92 Å². The number of alkyl halides is 1. The van der Waals surface area contributed by atoms with Crippen LogP contribution in [-0.4, -0.2) is 0 Å². The van der Waals surface area contributed by atoms with Gasteiger partial charge in [0, 0.05) is 0 Å². The summed E-state index contributed by atoms with van der Waals surface area (Å²) in [7, 11) is 0. The number of benzene rings is 1. The Morgan fingerprint density at radius 1 is 0.655 bits per heavy atom. The van der Waals surface area contributed by atoms with Crippen LogP contribution in [0.15, 0.2) is 18.2 Å². The van der Waals surface area contributed by atoms with Crippen LogP contribution in [0.4, 0.5) is 0 Å². The number of hydrogen-bond acceptors (Lipinski definition) is 0. The molecule has 0 saturated heterocycles. The van der Waals surface area contributed by atoms with Gasteiger partial charge in [-0.05, 0) is 50.3 Å². The zero-order chi connectivity index (χ0) is 21.4. The summed E-state index contributed by atoms with van der Waals surface area (Å²) in [5.41, 5.74) is 4.17. The van der Waals surface area contributed by atoms with E-state index in [9.17, 15) is 0 Å². The zero-order valence-corrected chi connectivity index (χ0v) is 20.9. The molecule has 0 nitrogen and oxygen atoms in total. The molecule has 0 aliphatic rings. The van der Waals surface area contributed by atoms with E-state index >= 15 is 0 Å². The Bertz CT molecular complexity index is 512. The van der Waals surface area contributed by atoms with Crippen molar-refractivity contribution in [2.75, 3.05) is 0 Å². The number of unbranched alkanes of at least 4 members (excludes halogenated alkanes) is 15. The molecule has 0 unspecified atom stereocenters. The number of hydrogen-bond donors (Lipinski definition) is 0. The normalized spacial score (nSPS) is 11.9. The molecule has 0 heterocycles. The highest BCUT2D eigenvalue weighted by Crippen LogP contribution is 2.32. The van der Waals surface area contributed by atoms with Crippen molar-refractivity contribution in [3.05, 3.63) is 34.9 Å². The largest absolute Gasteiger partial charge is 0.115 e. The third-order valence-electron chi connectivity index (χ3n) is 6.39. The Kier molecular flexibility index (Phi) is 14.9. The summed E-state index contributed by atoms with van der Waals surface area (Å²) in [6.07, 6.45) is 24.1. The van der Waals surface area contributed by atoms with Gasteiger partial charge in [-0.25, -0.2) is 0 Å². The molecular weight excluding hydrogens is 372 g/mol. The molecule has 0 amide bonds. The first kappa shape index (κ1) is 26.5. The molecule has 0 N–H and O–H groups in total. The highest BCUT2D eigenvalue weighted by molar-refractivity contribution is 6.23. The SMILES string of the molecule is CCCCCCCCCCCCCCCCCCc1cccc(C(C)(C)Cl)c1C. The van der Waals surface area contributed by atoms with Crippen LogP contribution in [0.5, 0.6) is 0 Å². The number of aryl methyl sites for hydroxylation is 1. The molecule has 1 aromatic carbocycles. The average molecular weight is 421 g/mol. The molecule has 0 spiro atoms. The van der Waals surface area contributed by atoms with E-state index in [0.717, 1.165) is 0 Å². The minimum absolute atomic E-state index is 0.269. The van der Waals surface area contributed by atoms with E-state index in [4.69, 9.17) is 11.6 Å². The van der Waals surface area contributed by atoms with Gasteiger partial charge in [0.1, 0.15) is 0 Å². The lowest BCUT2D eigenvalue weighted by Crippen LogP contribution is -2.11. The van der Waals surface area contributed by atoms with Gasteiger partial charge in [-0.15, -0.1) is 11.6 Å². The van der Waals surface area contributed by atoms with Gasteiger partial charge in [0.05, 0.1) is 4.87 Å². The average Bonchev–Trinajstić information content (AvgIpc) is 2.68. The number of rotatable bonds is 18. The van der Waals surface area contributed by atoms with Gasteiger partial charge in [0.2, 0.25) is 0 Å². The quantitative estimate of drug-likeness (QED) is 0.163. The van der Waals surface area contributed by atoms with Crippen LogP contribution in [0.1, 0.15) is 140 Å². The Hall–Kier alpha value is -0.490. The molecule has 0 aromatic heterocycles. The second kappa shape index (κ2) is 16.2. The maximum absolute atomic E-state index is 6.54. The standard InChI is InChI=1S/C28H49Cl/c1-5-6-7-8-9-10-11-12-13-14-15-16-17-18-19-20-22-26-23-21-24-27(25(26)2)28(3,4)29/h21,23-24H,5-20,22H2,1-4H3. The molecule has 0 aliphatic carbocycles. The van der Waals surface area contributed by atoms with Gasteiger partial charge in [-0.1, -0.05) is 121 Å². The van der Waals surface area contributed by atoms with Crippen LogP contribution < -0.4 is 0 Å². The van der Waals surface area contributed by atoms with E-state index in [0.29, 0.717) is 0 Å². The Morgan fingerprint density at radius 2 is 1.07 bits per heavy atom. The summed E-state index contributed by atoms with van der Waals surface area (Å²) in [6.45, 7) is 8.72. The molecule has 0 atom stereocenters. The Morgan fingerprint density at radius 3 is 1.48 bits per heavy atom. The fourth-order valence-electron chi connectivity index (χ4n) is 4.46. The lowest BCUT2D eigenvalue weighted by Gasteiger charge is -2.21. The summed E-state index contributed by atoms with van der Waals surface area (Å²) >= 11 is 6.54.